The van der Waals surface area contributed by atoms with Gasteiger partial charge in [-0.05, 0) is 105 Å². The van der Waals surface area contributed by atoms with Crippen LogP contribution in [-0.2, 0) is 10.2 Å². The maximum atomic E-state index is 14.6. The molecule has 0 N–H and O–H groups in total. The third-order valence-corrected chi connectivity index (χ3v) is 10.8. The van der Waals surface area contributed by atoms with E-state index < -0.39 is 11.1 Å². The molecule has 1 aromatic carbocycles. The number of hydrogen-bond acceptors (Lipinski definition) is 6. The van der Waals surface area contributed by atoms with Crippen LogP contribution in [0, 0.1) is 10.8 Å². The van der Waals surface area contributed by atoms with Crippen LogP contribution in [-0.4, -0.2) is 40.4 Å². The zero-order valence-corrected chi connectivity index (χ0v) is 23.0. The summed E-state index contributed by atoms with van der Waals surface area (Å²) in [5.74, 6) is 2.86. The lowest BCUT2D eigenvalue weighted by atomic mass is 9.41. The molecule has 0 spiro atoms. The Morgan fingerprint density at radius 2 is 1.77 bits per heavy atom. The summed E-state index contributed by atoms with van der Waals surface area (Å²) in [6.07, 6.45) is 11.3. The Balaban J connectivity index is 1.08. The summed E-state index contributed by atoms with van der Waals surface area (Å²) in [7, 11) is 1.61. The first-order chi connectivity index (χ1) is 19.3. The quantitative estimate of drug-likeness (QED) is 0.322. The summed E-state index contributed by atoms with van der Waals surface area (Å²) in [5.41, 5.74) is 1.25. The van der Waals surface area contributed by atoms with E-state index in [0.29, 0.717) is 37.6 Å². The minimum atomic E-state index is -1.12. The summed E-state index contributed by atoms with van der Waals surface area (Å²) >= 11 is 0. The lowest BCUT2D eigenvalue weighted by Gasteiger charge is -2.65. The third kappa shape index (κ3) is 3.74. The number of rotatable bonds is 8. The second-order valence-corrected chi connectivity index (χ2v) is 13.5. The first kappa shape index (κ1) is 24.5. The molecular formula is C32H35FN4O3. The van der Waals surface area contributed by atoms with Gasteiger partial charge in [-0.1, -0.05) is 17.3 Å². The number of carbonyl (C=O) groups excluding carboxylic acids is 1. The number of anilines is 1. The average molecular weight is 543 g/mol. The molecule has 0 atom stereocenters. The van der Waals surface area contributed by atoms with E-state index in [0.717, 1.165) is 67.1 Å². The van der Waals surface area contributed by atoms with Crippen molar-refractivity contribution in [2.75, 3.05) is 18.6 Å². The highest BCUT2D eigenvalue weighted by Crippen LogP contribution is 2.70. The van der Waals surface area contributed by atoms with Gasteiger partial charge in [0.2, 0.25) is 17.7 Å². The van der Waals surface area contributed by atoms with E-state index in [2.05, 4.69) is 16.2 Å². The molecule has 0 unspecified atom stereocenters. The van der Waals surface area contributed by atoms with Gasteiger partial charge in [0.15, 0.2) is 5.82 Å². The van der Waals surface area contributed by atoms with Crippen molar-refractivity contribution in [2.45, 2.75) is 87.6 Å². The van der Waals surface area contributed by atoms with Crippen LogP contribution in [0.5, 0.6) is 5.88 Å². The highest BCUT2D eigenvalue weighted by Gasteiger charge is 2.73. The normalized spacial score (nSPS) is 33.6. The third-order valence-electron chi connectivity index (χ3n) is 10.8. The highest BCUT2D eigenvalue weighted by molar-refractivity contribution is 6.00. The largest absolute Gasteiger partial charge is 0.481 e. The van der Waals surface area contributed by atoms with Crippen LogP contribution in [0.15, 0.2) is 47.1 Å². The Morgan fingerprint density at radius 3 is 2.45 bits per heavy atom. The number of fused-ring (bicyclic) bond motifs is 3. The van der Waals surface area contributed by atoms with Gasteiger partial charge in [-0.2, -0.15) is 4.98 Å². The molecule has 10 rings (SSSR count). The van der Waals surface area contributed by atoms with Gasteiger partial charge in [0.05, 0.1) is 12.5 Å². The van der Waals surface area contributed by atoms with Crippen molar-refractivity contribution >= 4 is 11.6 Å². The molecule has 4 bridgehead atoms. The summed E-state index contributed by atoms with van der Waals surface area (Å²) in [6.45, 7) is 0.670. The number of nitrogens with zero attached hydrogens (tertiary/aromatic N) is 4. The molecule has 1 amide bonds. The highest BCUT2D eigenvalue weighted by atomic mass is 19.1. The molecule has 8 heteroatoms. The van der Waals surface area contributed by atoms with Gasteiger partial charge >= 0.3 is 0 Å². The molecule has 7 aliphatic carbocycles. The van der Waals surface area contributed by atoms with E-state index in [1.807, 2.05) is 35.2 Å². The fourth-order valence-corrected chi connectivity index (χ4v) is 8.13. The van der Waals surface area contributed by atoms with Crippen molar-refractivity contribution in [1.82, 2.24) is 15.1 Å². The predicted octanol–water partition coefficient (Wildman–Crippen LogP) is 6.54. The molecular weight excluding hydrogens is 507 g/mol. The number of hydrogen-bond donors (Lipinski definition) is 0. The summed E-state index contributed by atoms with van der Waals surface area (Å²) in [5, 5.41) is 4.31. The molecule has 0 saturated heterocycles. The number of aromatic nitrogens is 3. The van der Waals surface area contributed by atoms with Gasteiger partial charge in [-0.15, -0.1) is 0 Å². The molecule has 7 fully saturated rings. The predicted molar refractivity (Wildman–Crippen MR) is 147 cm³/mol. The van der Waals surface area contributed by atoms with Crippen LogP contribution < -0.4 is 9.64 Å². The van der Waals surface area contributed by atoms with Gasteiger partial charge in [0, 0.05) is 35.8 Å². The minimum Gasteiger partial charge on any atom is -0.481 e. The first-order valence-electron chi connectivity index (χ1n) is 14.8. The van der Waals surface area contributed by atoms with Crippen LogP contribution in [0.25, 0.3) is 11.1 Å². The SMILES string of the molecule is COc1cc(-c2cccc(N(CC34CCC(c5nc(C6CC6)no5)(CC3)CC4)C(=O)C34CC(F)(C3)C4)c2)ccn1. The van der Waals surface area contributed by atoms with Crippen LogP contribution in [0.1, 0.15) is 88.3 Å². The first-order valence-corrected chi connectivity index (χ1v) is 14.8. The molecule has 40 heavy (non-hydrogen) atoms. The maximum absolute atomic E-state index is 14.6. The van der Waals surface area contributed by atoms with Crippen LogP contribution in [0.3, 0.4) is 0 Å². The van der Waals surface area contributed by atoms with Gasteiger partial charge in [-0.3, -0.25) is 4.79 Å². The molecule has 2 heterocycles. The fraction of sp³-hybridized carbons (Fsp3) is 0.562. The van der Waals surface area contributed by atoms with Crippen molar-refractivity contribution < 1.29 is 18.4 Å². The molecule has 7 saturated carbocycles. The number of benzene rings is 1. The molecule has 0 radical (unpaired) electrons. The Hall–Kier alpha value is -3.29. The van der Waals surface area contributed by atoms with Crippen LogP contribution in [0.4, 0.5) is 10.1 Å². The van der Waals surface area contributed by atoms with E-state index in [1.54, 1.807) is 13.3 Å². The number of halogens is 1. The smallest absolute Gasteiger partial charge is 0.233 e. The fourth-order valence-electron chi connectivity index (χ4n) is 8.13. The Bertz CT molecular complexity index is 1450. The number of carbonyl (C=O) groups is 1. The van der Waals surface area contributed by atoms with Crippen molar-refractivity contribution in [1.29, 1.82) is 0 Å². The molecule has 7 nitrogen and oxygen atoms in total. The van der Waals surface area contributed by atoms with Gasteiger partial charge < -0.3 is 14.2 Å². The zero-order chi connectivity index (χ0) is 27.2. The van der Waals surface area contributed by atoms with Crippen LogP contribution in [0.2, 0.25) is 0 Å². The average Bonchev–Trinajstić information content (AvgIpc) is 3.70. The number of pyridine rings is 1. The topological polar surface area (TPSA) is 81.4 Å². The number of ether oxygens (including phenoxy) is 1. The van der Waals surface area contributed by atoms with E-state index >= 15 is 0 Å². The Labute approximate surface area is 233 Å². The van der Waals surface area contributed by atoms with Crippen molar-refractivity contribution in [3.63, 3.8) is 0 Å². The molecule has 208 valence electrons. The molecule has 0 aliphatic heterocycles. The van der Waals surface area contributed by atoms with Crippen LogP contribution >= 0.6 is 0 Å². The lowest BCUT2D eigenvalue weighted by molar-refractivity contribution is -0.211. The molecule has 3 aromatic rings. The second kappa shape index (κ2) is 8.37. The van der Waals surface area contributed by atoms with E-state index in [9.17, 15) is 9.18 Å². The van der Waals surface area contributed by atoms with E-state index in [1.165, 1.54) is 12.8 Å². The minimum absolute atomic E-state index is 0.0223. The van der Waals surface area contributed by atoms with Crippen molar-refractivity contribution in [2.24, 2.45) is 10.8 Å². The summed E-state index contributed by atoms with van der Waals surface area (Å²) in [6, 6.07) is 12.0. The molecule has 7 aliphatic rings. The van der Waals surface area contributed by atoms with E-state index in [4.69, 9.17) is 14.2 Å². The van der Waals surface area contributed by atoms with E-state index in [-0.39, 0.29) is 16.7 Å². The molecule has 2 aromatic heterocycles. The number of amides is 1. The van der Waals surface area contributed by atoms with Crippen molar-refractivity contribution in [3.05, 3.63) is 54.3 Å². The summed E-state index contributed by atoms with van der Waals surface area (Å²) < 4.78 is 25.7. The second-order valence-electron chi connectivity index (χ2n) is 13.5. The maximum Gasteiger partial charge on any atom is 0.233 e. The lowest BCUT2D eigenvalue weighted by Crippen LogP contribution is -2.71. The monoisotopic (exact) mass is 542 g/mol. The number of alkyl halides is 1. The Kier molecular flexibility index (Phi) is 5.12. The van der Waals surface area contributed by atoms with Gasteiger partial charge in [-0.25, -0.2) is 9.37 Å². The summed E-state index contributed by atoms with van der Waals surface area (Å²) in [4.78, 5) is 25.3. The zero-order valence-electron chi connectivity index (χ0n) is 23.0. The van der Waals surface area contributed by atoms with Crippen molar-refractivity contribution in [3.8, 4) is 17.0 Å². The standard InChI is InChI=1S/C32H35FN4O3/c1-39-25-16-23(7-14-34-25)22-3-2-4-24(15-22)37(28(38)31-17-32(33,18-31)19-31)20-29-8-11-30(12-9-29,13-10-29)27-35-26(36-40-27)21-5-6-21/h2-4,7,14-16,21H,5-6,8-13,17-20H2,1H3. The van der Waals surface area contributed by atoms with Gasteiger partial charge in [0.1, 0.15) is 5.67 Å². The Morgan fingerprint density at radius 1 is 1.05 bits per heavy atom. The van der Waals surface area contributed by atoms with Gasteiger partial charge in [0.25, 0.3) is 0 Å². The number of methoxy groups -OCH3 is 1.